The van der Waals surface area contributed by atoms with Crippen molar-refractivity contribution in [2.75, 3.05) is 40.3 Å². The lowest BCUT2D eigenvalue weighted by atomic mass is 10.1. The minimum atomic E-state index is 0.679. The van der Waals surface area contributed by atoms with E-state index in [0.717, 1.165) is 31.9 Å². The fraction of sp³-hybridized carbons (Fsp3) is 0.857. The third kappa shape index (κ3) is 4.54. The van der Waals surface area contributed by atoms with Gasteiger partial charge in [-0.3, -0.25) is 4.68 Å². The van der Waals surface area contributed by atoms with Crippen LogP contribution in [0.25, 0.3) is 0 Å². The molecule has 1 atom stereocenters. The Morgan fingerprint density at radius 1 is 1.50 bits per heavy atom. The Kier molecular flexibility index (Phi) is 5.94. The van der Waals surface area contributed by atoms with Gasteiger partial charge in [0.05, 0.1) is 12.2 Å². The minimum Gasteiger partial charge on any atom is -0.311 e. The summed E-state index contributed by atoms with van der Waals surface area (Å²) in [5.74, 6) is 0. The van der Waals surface area contributed by atoms with E-state index in [-0.39, 0.29) is 0 Å². The van der Waals surface area contributed by atoms with Crippen molar-refractivity contribution in [2.45, 2.75) is 38.9 Å². The largest absolute Gasteiger partial charge is 0.311 e. The highest BCUT2D eigenvalue weighted by Crippen LogP contribution is 2.13. The zero-order chi connectivity index (χ0) is 14.4. The standard InChI is InChI=1S/C14H28N6/c1-4-15-10-13-11-20(17-16-13)9-8-19(3)14-6-5-7-18(2)12-14/h11,14-15H,4-10,12H2,1-3H3. The second-order valence-corrected chi connectivity index (χ2v) is 5.79. The van der Waals surface area contributed by atoms with Crippen molar-refractivity contribution in [3.8, 4) is 0 Å². The van der Waals surface area contributed by atoms with E-state index in [9.17, 15) is 0 Å². The van der Waals surface area contributed by atoms with E-state index in [1.807, 2.05) is 10.9 Å². The minimum absolute atomic E-state index is 0.679. The maximum absolute atomic E-state index is 4.19. The zero-order valence-electron chi connectivity index (χ0n) is 13.0. The molecule has 0 aromatic carbocycles. The first-order chi connectivity index (χ1) is 9.69. The Labute approximate surface area is 122 Å². The molecule has 1 aromatic rings. The van der Waals surface area contributed by atoms with Crippen LogP contribution >= 0.6 is 0 Å². The van der Waals surface area contributed by atoms with E-state index < -0.39 is 0 Å². The van der Waals surface area contributed by atoms with Crippen LogP contribution in [0.3, 0.4) is 0 Å². The van der Waals surface area contributed by atoms with E-state index in [4.69, 9.17) is 0 Å². The summed E-state index contributed by atoms with van der Waals surface area (Å²) in [4.78, 5) is 4.88. The number of nitrogens with one attached hydrogen (secondary N) is 1. The molecule has 1 aliphatic rings. The summed E-state index contributed by atoms with van der Waals surface area (Å²) < 4.78 is 1.95. The van der Waals surface area contributed by atoms with Gasteiger partial charge in [0.1, 0.15) is 0 Å². The Hall–Kier alpha value is -0.980. The number of hydrogen-bond donors (Lipinski definition) is 1. The van der Waals surface area contributed by atoms with Crippen LogP contribution in [-0.2, 0) is 13.1 Å². The maximum Gasteiger partial charge on any atom is 0.0964 e. The molecule has 6 heteroatoms. The van der Waals surface area contributed by atoms with Crippen LogP contribution in [-0.4, -0.2) is 71.1 Å². The van der Waals surface area contributed by atoms with Gasteiger partial charge in [0, 0.05) is 31.9 Å². The molecule has 0 aliphatic carbocycles. The summed E-state index contributed by atoms with van der Waals surface area (Å²) in [5.41, 5.74) is 1.02. The molecule has 0 saturated carbocycles. The van der Waals surface area contributed by atoms with Crippen molar-refractivity contribution in [1.29, 1.82) is 0 Å². The lowest BCUT2D eigenvalue weighted by Gasteiger charge is -2.35. The highest BCUT2D eigenvalue weighted by molar-refractivity contribution is 4.91. The van der Waals surface area contributed by atoms with Crippen molar-refractivity contribution >= 4 is 0 Å². The normalized spacial score (nSPS) is 20.7. The molecule has 2 heterocycles. The van der Waals surface area contributed by atoms with Crippen LogP contribution < -0.4 is 5.32 Å². The smallest absolute Gasteiger partial charge is 0.0964 e. The molecule has 0 bridgehead atoms. The van der Waals surface area contributed by atoms with Crippen molar-refractivity contribution in [3.05, 3.63) is 11.9 Å². The highest BCUT2D eigenvalue weighted by atomic mass is 15.4. The van der Waals surface area contributed by atoms with Gasteiger partial charge in [-0.2, -0.15) is 0 Å². The number of hydrogen-bond acceptors (Lipinski definition) is 5. The van der Waals surface area contributed by atoms with E-state index in [0.29, 0.717) is 6.04 Å². The average molecular weight is 280 g/mol. The van der Waals surface area contributed by atoms with E-state index in [1.54, 1.807) is 0 Å². The number of likely N-dealkylation sites (N-methyl/N-ethyl adjacent to an activating group) is 2. The van der Waals surface area contributed by atoms with Crippen LogP contribution in [0.1, 0.15) is 25.5 Å². The first kappa shape index (κ1) is 15.4. The summed E-state index contributed by atoms with van der Waals surface area (Å²) in [7, 11) is 4.44. The molecule has 1 N–H and O–H groups in total. The number of aromatic nitrogens is 3. The third-order valence-electron chi connectivity index (χ3n) is 4.05. The van der Waals surface area contributed by atoms with Gasteiger partial charge in [0.2, 0.25) is 0 Å². The van der Waals surface area contributed by atoms with Crippen molar-refractivity contribution in [3.63, 3.8) is 0 Å². The second-order valence-electron chi connectivity index (χ2n) is 5.79. The lowest BCUT2D eigenvalue weighted by molar-refractivity contribution is 0.130. The molecule has 1 fully saturated rings. The molecule has 1 aromatic heterocycles. The average Bonchev–Trinajstić information content (AvgIpc) is 2.90. The lowest BCUT2D eigenvalue weighted by Crippen LogP contribution is -2.45. The number of likely N-dealkylation sites (tertiary alicyclic amines) is 1. The van der Waals surface area contributed by atoms with Crippen molar-refractivity contribution < 1.29 is 0 Å². The number of piperidine rings is 1. The molecular weight excluding hydrogens is 252 g/mol. The first-order valence-electron chi connectivity index (χ1n) is 7.67. The second kappa shape index (κ2) is 7.71. The summed E-state index contributed by atoms with van der Waals surface area (Å²) in [6.07, 6.45) is 4.66. The summed E-state index contributed by atoms with van der Waals surface area (Å²) in [6, 6.07) is 0.679. The fourth-order valence-corrected chi connectivity index (χ4v) is 2.72. The highest BCUT2D eigenvalue weighted by Gasteiger charge is 2.20. The summed E-state index contributed by atoms with van der Waals surface area (Å²) in [6.45, 7) is 8.23. The Morgan fingerprint density at radius 3 is 3.10 bits per heavy atom. The first-order valence-corrected chi connectivity index (χ1v) is 7.67. The van der Waals surface area contributed by atoms with Crippen LogP contribution in [0.15, 0.2) is 6.20 Å². The molecule has 114 valence electrons. The van der Waals surface area contributed by atoms with Gasteiger partial charge in [-0.15, -0.1) is 5.10 Å². The van der Waals surface area contributed by atoms with E-state index >= 15 is 0 Å². The zero-order valence-corrected chi connectivity index (χ0v) is 13.0. The van der Waals surface area contributed by atoms with E-state index in [1.165, 1.54) is 25.9 Å². The monoisotopic (exact) mass is 280 g/mol. The SMILES string of the molecule is CCNCc1cn(CCN(C)C2CCCN(C)C2)nn1. The summed E-state index contributed by atoms with van der Waals surface area (Å²) in [5, 5.41) is 11.6. The summed E-state index contributed by atoms with van der Waals surface area (Å²) >= 11 is 0. The van der Waals surface area contributed by atoms with Gasteiger partial charge in [0.25, 0.3) is 0 Å². The predicted molar refractivity (Wildman–Crippen MR) is 80.6 cm³/mol. The molecule has 1 saturated heterocycles. The van der Waals surface area contributed by atoms with Crippen molar-refractivity contribution in [2.24, 2.45) is 0 Å². The molecule has 0 spiro atoms. The Bertz CT molecular complexity index is 391. The maximum atomic E-state index is 4.19. The van der Waals surface area contributed by atoms with Crippen LogP contribution in [0.4, 0.5) is 0 Å². The number of nitrogens with zero attached hydrogens (tertiary/aromatic N) is 5. The molecule has 2 rings (SSSR count). The molecule has 0 amide bonds. The van der Waals surface area contributed by atoms with Crippen LogP contribution in [0.5, 0.6) is 0 Å². The molecular formula is C14H28N6. The van der Waals surface area contributed by atoms with Crippen LogP contribution in [0.2, 0.25) is 0 Å². The predicted octanol–water partition coefficient (Wildman–Crippen LogP) is 0.414. The van der Waals surface area contributed by atoms with Crippen molar-refractivity contribution in [1.82, 2.24) is 30.1 Å². The molecule has 6 nitrogen and oxygen atoms in total. The van der Waals surface area contributed by atoms with E-state index in [2.05, 4.69) is 46.4 Å². The van der Waals surface area contributed by atoms with Gasteiger partial charge in [-0.1, -0.05) is 12.1 Å². The Balaban J connectivity index is 1.74. The molecule has 20 heavy (non-hydrogen) atoms. The molecule has 1 aliphatic heterocycles. The number of rotatable bonds is 7. The quantitative estimate of drug-likeness (QED) is 0.784. The topological polar surface area (TPSA) is 49.2 Å². The molecule has 1 unspecified atom stereocenters. The van der Waals surface area contributed by atoms with Gasteiger partial charge in [-0.05, 0) is 40.0 Å². The molecule has 0 radical (unpaired) electrons. The van der Waals surface area contributed by atoms with Gasteiger partial charge in [-0.25, -0.2) is 0 Å². The third-order valence-corrected chi connectivity index (χ3v) is 4.05. The van der Waals surface area contributed by atoms with Gasteiger partial charge in [0.15, 0.2) is 0 Å². The van der Waals surface area contributed by atoms with Gasteiger partial charge >= 0.3 is 0 Å². The Morgan fingerprint density at radius 2 is 2.35 bits per heavy atom. The van der Waals surface area contributed by atoms with Gasteiger partial charge < -0.3 is 15.1 Å². The van der Waals surface area contributed by atoms with Crippen LogP contribution in [0, 0.1) is 0 Å². The fourth-order valence-electron chi connectivity index (χ4n) is 2.72.